The first kappa shape index (κ1) is 15.1. The van der Waals surface area contributed by atoms with E-state index in [1.165, 1.54) is 13.1 Å². The van der Waals surface area contributed by atoms with Crippen LogP contribution in [0.2, 0.25) is 0 Å². The van der Waals surface area contributed by atoms with Gasteiger partial charge in [0.2, 0.25) is 5.82 Å². The summed E-state index contributed by atoms with van der Waals surface area (Å²) in [4.78, 5) is 12.7. The first-order valence-corrected chi connectivity index (χ1v) is 6.12. The van der Waals surface area contributed by atoms with Gasteiger partial charge in [0, 0.05) is 39.6 Å². The highest BCUT2D eigenvalue weighted by Crippen LogP contribution is 2.29. The fraction of sp³-hybridized carbons (Fsp3) is 0.417. The van der Waals surface area contributed by atoms with E-state index in [1.54, 1.807) is 28.9 Å². The minimum atomic E-state index is -4.59. The van der Waals surface area contributed by atoms with E-state index in [-0.39, 0.29) is 11.6 Å². The second-order valence-electron chi connectivity index (χ2n) is 4.49. The van der Waals surface area contributed by atoms with Crippen LogP contribution in [0, 0.1) is 0 Å². The summed E-state index contributed by atoms with van der Waals surface area (Å²) < 4.78 is 40.2. The van der Waals surface area contributed by atoms with E-state index < -0.39 is 12.0 Å². The van der Waals surface area contributed by atoms with E-state index in [1.807, 2.05) is 7.05 Å². The van der Waals surface area contributed by atoms with Crippen LogP contribution in [0.5, 0.6) is 0 Å². The highest BCUT2D eigenvalue weighted by Gasteiger charge is 2.35. The molecule has 0 bridgehead atoms. The molecule has 0 saturated heterocycles. The lowest BCUT2D eigenvalue weighted by atomic mass is 10.4. The molecule has 6 nitrogen and oxygen atoms in total. The van der Waals surface area contributed by atoms with Gasteiger partial charge in [-0.2, -0.15) is 13.2 Å². The maximum atomic E-state index is 12.8. The molecular weight excluding hydrogens is 285 g/mol. The average Bonchev–Trinajstić information content (AvgIpc) is 2.82. The maximum absolute atomic E-state index is 12.8. The molecule has 0 aliphatic carbocycles. The third-order valence-corrected chi connectivity index (χ3v) is 2.91. The second kappa shape index (κ2) is 5.58. The number of aryl methyl sites for hydroxylation is 1. The predicted molar refractivity (Wildman–Crippen MR) is 71.9 cm³/mol. The van der Waals surface area contributed by atoms with Gasteiger partial charge in [-0.25, -0.2) is 15.0 Å². The van der Waals surface area contributed by atoms with E-state index in [0.717, 1.165) is 5.82 Å². The van der Waals surface area contributed by atoms with Crippen LogP contribution in [-0.2, 0) is 19.8 Å². The Kier molecular flexibility index (Phi) is 4.01. The van der Waals surface area contributed by atoms with Crippen molar-refractivity contribution in [3.05, 3.63) is 30.1 Å². The number of hydrogen-bond acceptors (Lipinski definition) is 5. The summed E-state index contributed by atoms with van der Waals surface area (Å²) in [5.41, 5.74) is 0. The van der Waals surface area contributed by atoms with Crippen LogP contribution >= 0.6 is 0 Å². The lowest BCUT2D eigenvalue weighted by Gasteiger charge is -2.19. The van der Waals surface area contributed by atoms with Gasteiger partial charge in [0.15, 0.2) is 0 Å². The zero-order valence-electron chi connectivity index (χ0n) is 11.8. The minimum Gasteiger partial charge on any atom is -0.373 e. The van der Waals surface area contributed by atoms with Gasteiger partial charge in [0.25, 0.3) is 0 Å². The van der Waals surface area contributed by atoms with Crippen molar-refractivity contribution in [3.8, 4) is 0 Å². The van der Waals surface area contributed by atoms with Crippen molar-refractivity contribution < 1.29 is 13.2 Å². The van der Waals surface area contributed by atoms with Crippen LogP contribution in [0.25, 0.3) is 0 Å². The standard InChI is InChI=1S/C12H15F3N6/c1-16-8-6-9(19-11(18-8)12(13,14)15)21(3)7-10-17-4-5-20(10)2/h4-6H,7H2,1-3H3,(H,16,18,19). The van der Waals surface area contributed by atoms with Crippen molar-refractivity contribution in [2.45, 2.75) is 12.7 Å². The monoisotopic (exact) mass is 300 g/mol. The van der Waals surface area contributed by atoms with E-state index in [9.17, 15) is 13.2 Å². The quantitative estimate of drug-likeness (QED) is 0.934. The fourth-order valence-corrected chi connectivity index (χ4v) is 1.73. The molecular formula is C12H15F3N6. The third kappa shape index (κ3) is 3.41. The lowest BCUT2D eigenvalue weighted by Crippen LogP contribution is -2.22. The van der Waals surface area contributed by atoms with Crippen LogP contribution in [0.3, 0.4) is 0 Å². The van der Waals surface area contributed by atoms with Crippen LogP contribution in [0.1, 0.15) is 11.6 Å². The SMILES string of the molecule is CNc1cc(N(C)Cc2nccn2C)nc(C(F)(F)F)n1. The number of rotatable bonds is 4. The van der Waals surface area contributed by atoms with Crippen LogP contribution in [-0.4, -0.2) is 33.6 Å². The zero-order chi connectivity index (χ0) is 15.6. The third-order valence-electron chi connectivity index (χ3n) is 2.91. The molecule has 21 heavy (non-hydrogen) atoms. The highest BCUT2D eigenvalue weighted by molar-refractivity contribution is 5.49. The number of nitrogens with one attached hydrogen (secondary N) is 1. The molecule has 114 valence electrons. The van der Waals surface area contributed by atoms with Crippen LogP contribution in [0.15, 0.2) is 18.5 Å². The van der Waals surface area contributed by atoms with E-state index in [2.05, 4.69) is 20.3 Å². The Morgan fingerprint density at radius 2 is 2.05 bits per heavy atom. The first-order valence-electron chi connectivity index (χ1n) is 6.12. The number of alkyl halides is 3. The molecule has 2 rings (SSSR count). The zero-order valence-corrected chi connectivity index (χ0v) is 11.8. The first-order chi connectivity index (χ1) is 9.81. The van der Waals surface area contributed by atoms with Gasteiger partial charge in [-0.15, -0.1) is 0 Å². The minimum absolute atomic E-state index is 0.110. The van der Waals surface area contributed by atoms with Crippen molar-refractivity contribution in [3.63, 3.8) is 0 Å². The molecule has 2 aromatic rings. The number of nitrogens with zero attached hydrogens (tertiary/aromatic N) is 5. The Balaban J connectivity index is 2.32. The largest absolute Gasteiger partial charge is 0.451 e. The summed E-state index contributed by atoms with van der Waals surface area (Å²) in [6.07, 6.45) is -1.20. The van der Waals surface area contributed by atoms with Gasteiger partial charge in [-0.05, 0) is 0 Å². The molecule has 0 aromatic carbocycles. The Bertz CT molecular complexity index is 622. The molecule has 0 amide bonds. The van der Waals surface area contributed by atoms with Crippen LogP contribution in [0.4, 0.5) is 24.8 Å². The highest BCUT2D eigenvalue weighted by atomic mass is 19.4. The van der Waals surface area contributed by atoms with Gasteiger partial charge in [-0.3, -0.25) is 0 Å². The van der Waals surface area contributed by atoms with Crippen LogP contribution < -0.4 is 10.2 Å². The summed E-state index contributed by atoms with van der Waals surface area (Å²) in [7, 11) is 4.97. The molecule has 0 radical (unpaired) electrons. The number of anilines is 2. The molecule has 0 aliphatic heterocycles. The van der Waals surface area contributed by atoms with Gasteiger partial charge in [0.1, 0.15) is 17.5 Å². The molecule has 0 spiro atoms. The second-order valence-corrected chi connectivity index (χ2v) is 4.49. The molecule has 0 aliphatic rings. The molecule has 2 aromatic heterocycles. The summed E-state index contributed by atoms with van der Waals surface area (Å²) in [5, 5.41) is 2.61. The van der Waals surface area contributed by atoms with Crippen molar-refractivity contribution in [2.75, 3.05) is 24.3 Å². The number of aromatic nitrogens is 4. The smallest absolute Gasteiger partial charge is 0.373 e. The summed E-state index contributed by atoms with van der Waals surface area (Å²) in [6, 6.07) is 1.46. The van der Waals surface area contributed by atoms with E-state index >= 15 is 0 Å². The maximum Gasteiger partial charge on any atom is 0.451 e. The molecule has 9 heteroatoms. The Hall–Kier alpha value is -2.32. The van der Waals surface area contributed by atoms with Gasteiger partial charge < -0.3 is 14.8 Å². The Morgan fingerprint density at radius 1 is 1.33 bits per heavy atom. The summed E-state index contributed by atoms with van der Waals surface area (Å²) in [5.74, 6) is -0.171. The lowest BCUT2D eigenvalue weighted by molar-refractivity contribution is -0.144. The van der Waals surface area contributed by atoms with Crippen molar-refractivity contribution in [1.29, 1.82) is 0 Å². The van der Waals surface area contributed by atoms with Gasteiger partial charge in [0.05, 0.1) is 6.54 Å². The van der Waals surface area contributed by atoms with Gasteiger partial charge in [-0.1, -0.05) is 0 Å². The van der Waals surface area contributed by atoms with E-state index in [4.69, 9.17) is 0 Å². The van der Waals surface area contributed by atoms with Crippen molar-refractivity contribution >= 4 is 11.6 Å². The summed E-state index contributed by atoms with van der Waals surface area (Å²) >= 11 is 0. The van der Waals surface area contributed by atoms with Crippen molar-refractivity contribution in [2.24, 2.45) is 7.05 Å². The molecule has 0 saturated carbocycles. The fourth-order valence-electron chi connectivity index (χ4n) is 1.73. The summed E-state index contributed by atoms with van der Waals surface area (Å²) in [6.45, 7) is 0.334. The normalized spacial score (nSPS) is 11.5. The molecule has 2 heterocycles. The molecule has 0 unspecified atom stereocenters. The van der Waals surface area contributed by atoms with E-state index in [0.29, 0.717) is 6.54 Å². The molecule has 1 N–H and O–H groups in total. The molecule has 0 atom stereocenters. The number of imidazole rings is 1. The van der Waals surface area contributed by atoms with Gasteiger partial charge >= 0.3 is 6.18 Å². The Morgan fingerprint density at radius 3 is 2.57 bits per heavy atom. The Labute approximate surface area is 119 Å². The number of hydrogen-bond donors (Lipinski definition) is 1. The average molecular weight is 300 g/mol. The molecule has 0 fully saturated rings. The topological polar surface area (TPSA) is 58.9 Å². The number of halogens is 3. The predicted octanol–water partition coefficient (Wildman–Crippen LogP) is 1.91. The van der Waals surface area contributed by atoms with Crippen molar-refractivity contribution in [1.82, 2.24) is 19.5 Å².